The first-order valence-corrected chi connectivity index (χ1v) is 8.91. The number of benzene rings is 2. The first-order chi connectivity index (χ1) is 12.0. The molecule has 1 aliphatic rings. The number of nitrogens with one attached hydrogen (secondary N) is 1. The van der Waals surface area contributed by atoms with Crippen LogP contribution in [0.15, 0.2) is 48.5 Å². The highest BCUT2D eigenvalue weighted by Gasteiger charge is 2.18. The molecule has 0 bridgehead atoms. The Kier molecular flexibility index (Phi) is 5.37. The molecular formula is C21H25FN2O. The van der Waals surface area contributed by atoms with Gasteiger partial charge < -0.3 is 10.2 Å². The van der Waals surface area contributed by atoms with Crippen LogP contribution in [0, 0.1) is 11.7 Å². The Labute approximate surface area is 148 Å². The molecule has 1 heterocycles. The third-order valence-corrected chi connectivity index (χ3v) is 4.87. The predicted molar refractivity (Wildman–Crippen MR) is 100 cm³/mol. The number of carbonyl (C=O) groups is 1. The van der Waals surface area contributed by atoms with Crippen molar-refractivity contribution in [3.05, 3.63) is 59.9 Å². The smallest absolute Gasteiger partial charge is 0.224 e. The fraction of sp³-hybridized carbons (Fsp3) is 0.381. The topological polar surface area (TPSA) is 32.3 Å². The van der Waals surface area contributed by atoms with Gasteiger partial charge in [0.2, 0.25) is 5.91 Å². The van der Waals surface area contributed by atoms with Crippen molar-refractivity contribution in [1.29, 1.82) is 0 Å². The van der Waals surface area contributed by atoms with Gasteiger partial charge in [0.05, 0.1) is 0 Å². The lowest BCUT2D eigenvalue weighted by atomic mass is 9.97. The number of nitrogens with zero attached hydrogens (tertiary/aromatic N) is 1. The average molecular weight is 340 g/mol. The van der Waals surface area contributed by atoms with Gasteiger partial charge in [0.25, 0.3) is 0 Å². The lowest BCUT2D eigenvalue weighted by Gasteiger charge is -2.18. The molecule has 3 nitrogen and oxygen atoms in total. The maximum absolute atomic E-state index is 13.0. The SMILES string of the molecule is CC1CCN(c2ccc(NC(=O)CC(C)c3ccc(F)cc3)cc2)C1. The normalized spacial score (nSPS) is 18.2. The van der Waals surface area contributed by atoms with Gasteiger partial charge in [-0.2, -0.15) is 0 Å². The summed E-state index contributed by atoms with van der Waals surface area (Å²) in [5, 5.41) is 2.95. The largest absolute Gasteiger partial charge is 0.371 e. The summed E-state index contributed by atoms with van der Waals surface area (Å²) in [6.07, 6.45) is 1.61. The molecule has 1 fully saturated rings. The van der Waals surface area contributed by atoms with Crippen LogP contribution in [0.25, 0.3) is 0 Å². The van der Waals surface area contributed by atoms with Crippen molar-refractivity contribution in [2.45, 2.75) is 32.6 Å². The molecule has 2 aromatic rings. The fourth-order valence-electron chi connectivity index (χ4n) is 3.32. The van der Waals surface area contributed by atoms with E-state index in [2.05, 4.69) is 29.3 Å². The number of rotatable bonds is 5. The second kappa shape index (κ2) is 7.68. The van der Waals surface area contributed by atoms with E-state index >= 15 is 0 Å². The third-order valence-electron chi connectivity index (χ3n) is 4.87. The molecule has 0 aliphatic carbocycles. The molecule has 0 spiro atoms. The van der Waals surface area contributed by atoms with E-state index in [1.165, 1.54) is 24.2 Å². The quantitative estimate of drug-likeness (QED) is 0.847. The van der Waals surface area contributed by atoms with Crippen LogP contribution in [-0.2, 0) is 4.79 Å². The zero-order chi connectivity index (χ0) is 17.8. The molecule has 1 N–H and O–H groups in total. The first-order valence-electron chi connectivity index (χ1n) is 8.91. The van der Waals surface area contributed by atoms with Crippen molar-refractivity contribution in [2.24, 2.45) is 5.92 Å². The molecule has 2 unspecified atom stereocenters. The summed E-state index contributed by atoms with van der Waals surface area (Å²) in [6, 6.07) is 14.4. The number of carbonyl (C=O) groups excluding carboxylic acids is 1. The van der Waals surface area contributed by atoms with Crippen molar-refractivity contribution in [3.63, 3.8) is 0 Å². The van der Waals surface area contributed by atoms with Crippen LogP contribution < -0.4 is 10.2 Å². The Morgan fingerprint density at radius 1 is 1.20 bits per heavy atom. The Balaban J connectivity index is 1.54. The van der Waals surface area contributed by atoms with Crippen molar-refractivity contribution in [2.75, 3.05) is 23.3 Å². The minimum atomic E-state index is -0.257. The van der Waals surface area contributed by atoms with Crippen LogP contribution in [0.5, 0.6) is 0 Å². The molecule has 0 radical (unpaired) electrons. The van der Waals surface area contributed by atoms with E-state index in [0.29, 0.717) is 6.42 Å². The fourth-order valence-corrected chi connectivity index (χ4v) is 3.32. The first kappa shape index (κ1) is 17.5. The van der Waals surface area contributed by atoms with Gasteiger partial charge >= 0.3 is 0 Å². The van der Waals surface area contributed by atoms with Gasteiger partial charge in [-0.3, -0.25) is 4.79 Å². The number of anilines is 2. The highest BCUT2D eigenvalue weighted by atomic mass is 19.1. The number of hydrogen-bond acceptors (Lipinski definition) is 2. The van der Waals surface area contributed by atoms with Gasteiger partial charge in [-0.1, -0.05) is 26.0 Å². The van der Waals surface area contributed by atoms with Crippen molar-refractivity contribution in [3.8, 4) is 0 Å². The van der Waals surface area contributed by atoms with Crippen LogP contribution in [0.3, 0.4) is 0 Å². The van der Waals surface area contributed by atoms with E-state index in [1.807, 2.05) is 19.1 Å². The second-order valence-corrected chi connectivity index (χ2v) is 7.09. The van der Waals surface area contributed by atoms with Gasteiger partial charge in [0, 0.05) is 30.9 Å². The minimum Gasteiger partial charge on any atom is -0.371 e. The summed E-state index contributed by atoms with van der Waals surface area (Å²) in [5.74, 6) is 0.505. The van der Waals surface area contributed by atoms with Crippen molar-refractivity contribution in [1.82, 2.24) is 0 Å². The highest BCUT2D eigenvalue weighted by molar-refractivity contribution is 5.91. The number of amides is 1. The lowest BCUT2D eigenvalue weighted by Crippen LogP contribution is -2.19. The molecule has 0 aromatic heterocycles. The molecule has 1 amide bonds. The number of halogens is 1. The summed E-state index contributed by atoms with van der Waals surface area (Å²) >= 11 is 0. The molecule has 1 aliphatic heterocycles. The van der Waals surface area contributed by atoms with E-state index in [-0.39, 0.29) is 17.6 Å². The molecule has 2 aromatic carbocycles. The van der Waals surface area contributed by atoms with Crippen LogP contribution in [0.4, 0.5) is 15.8 Å². The summed E-state index contributed by atoms with van der Waals surface area (Å²) in [4.78, 5) is 14.6. The standard InChI is InChI=1S/C21H25FN2O/c1-15-11-12-24(14-15)20-9-7-19(8-10-20)23-21(25)13-16(2)17-3-5-18(22)6-4-17/h3-10,15-16H,11-14H2,1-2H3,(H,23,25). The Bertz CT molecular complexity index is 712. The zero-order valence-electron chi connectivity index (χ0n) is 14.8. The van der Waals surface area contributed by atoms with Crippen LogP contribution in [0.1, 0.15) is 38.2 Å². The van der Waals surface area contributed by atoms with Gasteiger partial charge in [0.1, 0.15) is 5.82 Å². The maximum Gasteiger partial charge on any atom is 0.224 e. The van der Waals surface area contributed by atoms with Crippen LogP contribution >= 0.6 is 0 Å². The average Bonchev–Trinajstić information content (AvgIpc) is 3.02. The predicted octanol–water partition coefficient (Wildman–Crippen LogP) is 4.80. The van der Waals surface area contributed by atoms with E-state index in [9.17, 15) is 9.18 Å². The van der Waals surface area contributed by atoms with Crippen LogP contribution in [-0.4, -0.2) is 19.0 Å². The Hall–Kier alpha value is -2.36. The summed E-state index contributed by atoms with van der Waals surface area (Å²) in [5.41, 5.74) is 2.99. The van der Waals surface area contributed by atoms with Crippen molar-refractivity contribution < 1.29 is 9.18 Å². The Morgan fingerprint density at radius 3 is 2.48 bits per heavy atom. The summed E-state index contributed by atoms with van der Waals surface area (Å²) in [7, 11) is 0. The van der Waals surface area contributed by atoms with Gasteiger partial charge in [-0.15, -0.1) is 0 Å². The van der Waals surface area contributed by atoms with E-state index in [1.54, 1.807) is 12.1 Å². The summed E-state index contributed by atoms with van der Waals surface area (Å²) in [6.45, 7) is 6.45. The van der Waals surface area contributed by atoms with E-state index in [0.717, 1.165) is 30.3 Å². The molecule has 2 atom stereocenters. The maximum atomic E-state index is 13.0. The van der Waals surface area contributed by atoms with E-state index in [4.69, 9.17) is 0 Å². The molecule has 4 heteroatoms. The Morgan fingerprint density at radius 2 is 1.88 bits per heavy atom. The van der Waals surface area contributed by atoms with Crippen molar-refractivity contribution >= 4 is 17.3 Å². The summed E-state index contributed by atoms with van der Waals surface area (Å²) < 4.78 is 13.0. The highest BCUT2D eigenvalue weighted by Crippen LogP contribution is 2.25. The zero-order valence-corrected chi connectivity index (χ0v) is 14.8. The molecule has 25 heavy (non-hydrogen) atoms. The second-order valence-electron chi connectivity index (χ2n) is 7.09. The van der Waals surface area contributed by atoms with Gasteiger partial charge in [0.15, 0.2) is 0 Å². The van der Waals surface area contributed by atoms with Crippen LogP contribution in [0.2, 0.25) is 0 Å². The lowest BCUT2D eigenvalue weighted by molar-refractivity contribution is -0.116. The van der Waals surface area contributed by atoms with Gasteiger partial charge in [-0.05, 0) is 60.2 Å². The third kappa shape index (κ3) is 4.59. The molecule has 0 saturated carbocycles. The number of hydrogen-bond donors (Lipinski definition) is 1. The molecule has 3 rings (SSSR count). The molecular weight excluding hydrogens is 315 g/mol. The van der Waals surface area contributed by atoms with E-state index < -0.39 is 0 Å². The monoisotopic (exact) mass is 340 g/mol. The minimum absolute atomic E-state index is 0.0284. The van der Waals surface area contributed by atoms with Gasteiger partial charge in [-0.25, -0.2) is 4.39 Å². The molecule has 132 valence electrons. The molecule has 1 saturated heterocycles.